The van der Waals surface area contributed by atoms with Crippen LogP contribution in [-0.4, -0.2) is 42.5 Å². The topological polar surface area (TPSA) is 75.4 Å². The van der Waals surface area contributed by atoms with Crippen LogP contribution in [0.15, 0.2) is 41.4 Å². The summed E-state index contributed by atoms with van der Waals surface area (Å²) in [6.07, 6.45) is 12.1. The molecule has 0 radical (unpaired) electrons. The normalized spacial score (nSPS) is 30.6. The van der Waals surface area contributed by atoms with Gasteiger partial charge >= 0.3 is 5.97 Å². The van der Waals surface area contributed by atoms with E-state index in [2.05, 4.69) is 18.3 Å². The van der Waals surface area contributed by atoms with E-state index in [4.69, 9.17) is 22.4 Å². The van der Waals surface area contributed by atoms with Crippen LogP contribution in [0.1, 0.15) is 62.6 Å². The number of benzene rings is 1. The largest absolute Gasteiger partial charge is 0.481 e. The minimum absolute atomic E-state index is 0.0239. The van der Waals surface area contributed by atoms with Crippen molar-refractivity contribution in [2.45, 2.75) is 56.8 Å². The fourth-order valence-electron chi connectivity index (χ4n) is 7.24. The summed E-state index contributed by atoms with van der Waals surface area (Å²) in [7, 11) is 0. The molecule has 4 bridgehead atoms. The maximum absolute atomic E-state index is 13.2. The monoisotopic (exact) mass is 507 g/mol. The third-order valence-electron chi connectivity index (χ3n) is 8.24. The van der Waals surface area contributed by atoms with Crippen molar-refractivity contribution in [3.05, 3.63) is 52.7 Å². The summed E-state index contributed by atoms with van der Waals surface area (Å²) >= 11 is 6.79. The Morgan fingerprint density at radius 3 is 2.43 bits per heavy atom. The van der Waals surface area contributed by atoms with Gasteiger partial charge in [-0.2, -0.15) is 5.10 Å². The molecule has 1 amide bonds. The average Bonchev–Trinajstić information content (AvgIpc) is 3.36. The molecule has 1 aromatic heterocycles. The van der Waals surface area contributed by atoms with Crippen molar-refractivity contribution in [2.24, 2.45) is 17.8 Å². The van der Waals surface area contributed by atoms with E-state index < -0.39 is 5.97 Å². The summed E-state index contributed by atoms with van der Waals surface area (Å²) in [4.78, 5) is 26.2. The van der Waals surface area contributed by atoms with E-state index in [-0.39, 0.29) is 17.7 Å². The summed E-state index contributed by atoms with van der Waals surface area (Å²) in [6, 6.07) is 10.2. The van der Waals surface area contributed by atoms with Gasteiger partial charge < -0.3 is 5.11 Å². The quantitative estimate of drug-likeness (QED) is 0.399. The molecule has 6 nitrogen and oxygen atoms in total. The fraction of sp³-hybridized carbons (Fsp3) is 0.481. The molecule has 182 valence electrons. The number of hydrogen-bond donors (Lipinski definition) is 1. The second-order valence-electron chi connectivity index (χ2n) is 10.7. The van der Waals surface area contributed by atoms with Crippen LogP contribution in [-0.2, 0) is 15.0 Å². The van der Waals surface area contributed by atoms with E-state index >= 15 is 0 Å². The highest BCUT2D eigenvalue weighted by atomic mass is 32.2. The van der Waals surface area contributed by atoms with E-state index in [1.165, 1.54) is 50.3 Å². The molecule has 4 aliphatic carbocycles. The number of amides is 1. The average molecular weight is 508 g/mol. The first kappa shape index (κ1) is 23.0. The Morgan fingerprint density at radius 1 is 1.14 bits per heavy atom. The van der Waals surface area contributed by atoms with Crippen LogP contribution in [0.5, 0.6) is 0 Å². The molecule has 2 heterocycles. The number of carbonyl (C=O) groups excluding carboxylic acids is 1. The lowest BCUT2D eigenvalue weighted by Crippen LogP contribution is -2.49. The van der Waals surface area contributed by atoms with Gasteiger partial charge in [-0.15, -0.1) is 0 Å². The molecule has 2 aromatic rings. The number of thioether (sulfide) groups is 1. The molecule has 0 unspecified atom stereocenters. The molecule has 1 aromatic carbocycles. The smallest absolute Gasteiger partial charge is 0.303 e. The zero-order valence-corrected chi connectivity index (χ0v) is 21.2. The summed E-state index contributed by atoms with van der Waals surface area (Å²) in [5, 5.41) is 14.1. The maximum atomic E-state index is 13.2. The van der Waals surface area contributed by atoms with Gasteiger partial charge in [-0.3, -0.25) is 14.5 Å². The maximum Gasteiger partial charge on any atom is 0.303 e. The molecule has 1 N–H and O–H groups in total. The van der Waals surface area contributed by atoms with E-state index in [0.29, 0.717) is 22.2 Å². The molecular weight excluding hydrogens is 478 g/mol. The van der Waals surface area contributed by atoms with Gasteiger partial charge in [-0.05, 0) is 80.9 Å². The highest BCUT2D eigenvalue weighted by Gasteiger charge is 2.53. The number of nitrogens with zero attached hydrogens (tertiary/aromatic N) is 3. The van der Waals surface area contributed by atoms with Gasteiger partial charge in [0.15, 0.2) is 0 Å². The predicted octanol–water partition coefficient (Wildman–Crippen LogP) is 5.41. The zero-order valence-electron chi connectivity index (χ0n) is 19.6. The molecule has 7 rings (SSSR count). The van der Waals surface area contributed by atoms with Gasteiger partial charge in [0.05, 0.1) is 16.3 Å². The van der Waals surface area contributed by atoms with Crippen molar-refractivity contribution in [3.63, 3.8) is 0 Å². The molecule has 1 aliphatic heterocycles. The Kier molecular flexibility index (Phi) is 5.84. The van der Waals surface area contributed by atoms with E-state index in [0.717, 1.165) is 34.7 Å². The molecule has 5 aliphatic rings. The van der Waals surface area contributed by atoms with Crippen molar-refractivity contribution in [1.82, 2.24) is 14.7 Å². The lowest BCUT2D eigenvalue weighted by molar-refractivity contribution is -0.137. The first-order valence-electron chi connectivity index (χ1n) is 12.5. The Labute approximate surface area is 214 Å². The van der Waals surface area contributed by atoms with Crippen molar-refractivity contribution in [2.75, 3.05) is 6.54 Å². The summed E-state index contributed by atoms with van der Waals surface area (Å²) in [5.41, 5.74) is 3.26. The molecule has 35 heavy (non-hydrogen) atoms. The SMILES string of the molecule is O=C(O)CCCN1C(=O)/C(=C/c2cn(-c3ccccc3)nc2C23CC4CC(CC(C4)C2)C3)SC1=S. The zero-order chi connectivity index (χ0) is 24.2. The van der Waals surface area contributed by atoms with Crippen LogP contribution in [0.25, 0.3) is 11.8 Å². The number of aliphatic carboxylic acids is 1. The van der Waals surface area contributed by atoms with E-state index in [1.54, 1.807) is 4.90 Å². The second-order valence-corrected chi connectivity index (χ2v) is 12.4. The molecule has 5 fully saturated rings. The van der Waals surface area contributed by atoms with Crippen LogP contribution >= 0.6 is 24.0 Å². The highest BCUT2D eigenvalue weighted by Crippen LogP contribution is 2.61. The number of para-hydroxylation sites is 1. The first-order valence-corrected chi connectivity index (χ1v) is 13.8. The van der Waals surface area contributed by atoms with Crippen LogP contribution in [0, 0.1) is 17.8 Å². The van der Waals surface area contributed by atoms with Crippen molar-refractivity contribution >= 4 is 46.3 Å². The summed E-state index contributed by atoms with van der Waals surface area (Å²) in [6.45, 7) is 0.333. The van der Waals surface area contributed by atoms with Gasteiger partial charge in [-0.25, -0.2) is 4.68 Å². The second kappa shape index (κ2) is 8.89. The molecule has 0 spiro atoms. The molecule has 1 saturated heterocycles. The minimum atomic E-state index is -0.862. The molecule has 4 saturated carbocycles. The van der Waals surface area contributed by atoms with Crippen LogP contribution in [0.2, 0.25) is 0 Å². The third-order valence-corrected chi connectivity index (χ3v) is 9.61. The fourth-order valence-corrected chi connectivity index (χ4v) is 8.54. The van der Waals surface area contributed by atoms with Crippen molar-refractivity contribution < 1.29 is 14.7 Å². The Hall–Kier alpha value is -2.45. The standard InChI is InChI=1S/C27H29N3O3S2/c31-23(32)7-4-8-29-25(33)22(35-26(29)34)12-20-16-30(21-5-2-1-3-6-21)28-24(20)27-13-17-9-18(14-27)11-19(10-17)15-27/h1-3,5-6,12,16-19H,4,7-11,13-15H2,(H,31,32)/b22-12-. The molecular formula is C27H29N3O3S2. The number of carboxylic acid groups (broad SMARTS) is 1. The lowest BCUT2D eigenvalue weighted by Gasteiger charge is -2.56. The number of thiocarbonyl (C=S) groups is 1. The van der Waals surface area contributed by atoms with Gasteiger partial charge in [-0.1, -0.05) is 42.2 Å². The predicted molar refractivity (Wildman–Crippen MR) is 140 cm³/mol. The van der Waals surface area contributed by atoms with E-state index in [9.17, 15) is 9.59 Å². The third kappa shape index (κ3) is 4.25. The summed E-state index contributed by atoms with van der Waals surface area (Å²) < 4.78 is 2.46. The van der Waals surface area contributed by atoms with E-state index in [1.807, 2.05) is 29.0 Å². The highest BCUT2D eigenvalue weighted by molar-refractivity contribution is 8.26. The Balaban J connectivity index is 1.36. The Morgan fingerprint density at radius 2 is 1.80 bits per heavy atom. The van der Waals surface area contributed by atoms with Crippen LogP contribution < -0.4 is 0 Å². The number of carboxylic acids is 1. The van der Waals surface area contributed by atoms with Crippen LogP contribution in [0.4, 0.5) is 0 Å². The molecule has 8 heteroatoms. The lowest BCUT2D eigenvalue weighted by atomic mass is 9.48. The van der Waals surface area contributed by atoms with Gasteiger partial charge in [0.2, 0.25) is 0 Å². The Bertz CT molecular complexity index is 1180. The number of hydrogen-bond acceptors (Lipinski definition) is 5. The number of carbonyl (C=O) groups is 2. The minimum Gasteiger partial charge on any atom is -0.481 e. The van der Waals surface area contributed by atoms with Gasteiger partial charge in [0.1, 0.15) is 4.32 Å². The van der Waals surface area contributed by atoms with Gasteiger partial charge in [0.25, 0.3) is 5.91 Å². The van der Waals surface area contributed by atoms with Crippen LogP contribution in [0.3, 0.4) is 0 Å². The van der Waals surface area contributed by atoms with Gasteiger partial charge in [0, 0.05) is 30.1 Å². The molecule has 0 atom stereocenters. The number of aromatic nitrogens is 2. The first-order chi connectivity index (χ1) is 16.9. The van der Waals surface area contributed by atoms with Crippen molar-refractivity contribution in [3.8, 4) is 5.69 Å². The number of rotatable bonds is 7. The van der Waals surface area contributed by atoms with Crippen molar-refractivity contribution in [1.29, 1.82) is 0 Å². The summed E-state index contributed by atoms with van der Waals surface area (Å²) in [5.74, 6) is 1.39.